The van der Waals surface area contributed by atoms with Gasteiger partial charge in [-0.3, -0.25) is 4.79 Å². The van der Waals surface area contributed by atoms with Crippen LogP contribution in [-0.2, 0) is 9.63 Å². The molecule has 7 heteroatoms. The lowest BCUT2D eigenvalue weighted by molar-refractivity contribution is -0.123. The third-order valence-corrected chi connectivity index (χ3v) is 4.17. The molecule has 0 aliphatic rings. The number of hydrogen-bond acceptors (Lipinski definition) is 5. The van der Waals surface area contributed by atoms with Crippen molar-refractivity contribution in [3.05, 3.63) is 84.6 Å². The van der Waals surface area contributed by atoms with E-state index in [-0.39, 0.29) is 24.4 Å². The molecule has 1 heterocycles. The van der Waals surface area contributed by atoms with Gasteiger partial charge in [0.2, 0.25) is 5.88 Å². The largest absolute Gasteiger partial charge is 0.439 e. The summed E-state index contributed by atoms with van der Waals surface area (Å²) >= 11 is 0. The number of oxime groups is 1. The fraction of sp³-hybridized carbons (Fsp3) is 0.174. The first-order valence-corrected chi connectivity index (χ1v) is 9.56. The molecule has 2 aromatic carbocycles. The molecule has 30 heavy (non-hydrogen) atoms. The maximum Gasteiger partial charge on any atom is 0.267 e. The quantitative estimate of drug-likeness (QED) is 0.349. The lowest BCUT2D eigenvalue weighted by Crippen LogP contribution is -2.39. The summed E-state index contributed by atoms with van der Waals surface area (Å²) in [7, 11) is 0. The maximum atomic E-state index is 12.6. The van der Waals surface area contributed by atoms with E-state index < -0.39 is 0 Å². The topological polar surface area (TPSA) is 90.0 Å². The standard InChI is InChI=1S/C23H24N4O3/c1-17(2)27(19-9-5-3-6-10-19)22(28)16-29-26-23(24)18-13-14-21(25-15-18)30-20-11-7-4-8-12-20/h3-15,17H,16H2,1-2H3,(H2,24,26). The Labute approximate surface area is 175 Å². The molecule has 7 nitrogen and oxygen atoms in total. The van der Waals surface area contributed by atoms with E-state index in [1.54, 1.807) is 17.0 Å². The number of para-hydroxylation sites is 2. The van der Waals surface area contributed by atoms with Gasteiger partial charge in [-0.2, -0.15) is 0 Å². The van der Waals surface area contributed by atoms with Crippen LogP contribution in [0.15, 0.2) is 84.1 Å². The third kappa shape index (κ3) is 5.57. The predicted molar refractivity (Wildman–Crippen MR) is 116 cm³/mol. The fourth-order valence-electron chi connectivity index (χ4n) is 2.80. The first-order chi connectivity index (χ1) is 14.5. The minimum Gasteiger partial charge on any atom is -0.439 e. The van der Waals surface area contributed by atoms with Crippen LogP contribution in [-0.4, -0.2) is 29.4 Å². The number of benzene rings is 2. The van der Waals surface area contributed by atoms with E-state index in [4.69, 9.17) is 15.3 Å². The monoisotopic (exact) mass is 404 g/mol. The van der Waals surface area contributed by atoms with Gasteiger partial charge < -0.3 is 20.2 Å². The third-order valence-electron chi connectivity index (χ3n) is 4.17. The summed E-state index contributed by atoms with van der Waals surface area (Å²) < 4.78 is 5.64. The van der Waals surface area contributed by atoms with Gasteiger partial charge in [0.15, 0.2) is 12.4 Å². The second-order valence-corrected chi connectivity index (χ2v) is 6.74. The number of amides is 1. The van der Waals surface area contributed by atoms with Crippen LogP contribution in [0.25, 0.3) is 0 Å². The molecule has 0 aliphatic carbocycles. The molecule has 1 aromatic heterocycles. The molecule has 3 aromatic rings. The van der Waals surface area contributed by atoms with Gasteiger partial charge in [-0.25, -0.2) is 4.98 Å². The first-order valence-electron chi connectivity index (χ1n) is 9.56. The molecule has 3 rings (SSSR count). The Hall–Kier alpha value is -3.87. The Morgan fingerprint density at radius 2 is 1.70 bits per heavy atom. The summed E-state index contributed by atoms with van der Waals surface area (Å²) in [6.07, 6.45) is 1.53. The van der Waals surface area contributed by atoms with E-state index >= 15 is 0 Å². The summed E-state index contributed by atoms with van der Waals surface area (Å²) in [6, 6.07) is 22.1. The second-order valence-electron chi connectivity index (χ2n) is 6.74. The smallest absolute Gasteiger partial charge is 0.267 e. The molecule has 0 unspecified atom stereocenters. The molecular formula is C23H24N4O3. The summed E-state index contributed by atoms with van der Waals surface area (Å²) in [6.45, 7) is 3.65. The number of pyridine rings is 1. The Balaban J connectivity index is 1.58. The van der Waals surface area contributed by atoms with E-state index in [1.807, 2.05) is 74.5 Å². The number of hydrogen-bond donors (Lipinski definition) is 1. The Bertz CT molecular complexity index is 974. The lowest BCUT2D eigenvalue weighted by Gasteiger charge is -2.26. The summed E-state index contributed by atoms with van der Waals surface area (Å²) in [4.78, 5) is 23.7. The van der Waals surface area contributed by atoms with Crippen LogP contribution < -0.4 is 15.4 Å². The van der Waals surface area contributed by atoms with Crippen LogP contribution in [0.1, 0.15) is 19.4 Å². The van der Waals surface area contributed by atoms with E-state index in [2.05, 4.69) is 10.1 Å². The highest BCUT2D eigenvalue weighted by atomic mass is 16.6. The van der Waals surface area contributed by atoms with E-state index in [1.165, 1.54) is 6.20 Å². The maximum absolute atomic E-state index is 12.6. The Kier molecular flexibility index (Phi) is 7.00. The molecule has 0 aliphatic heterocycles. The zero-order valence-electron chi connectivity index (χ0n) is 16.9. The van der Waals surface area contributed by atoms with Crippen molar-refractivity contribution in [2.24, 2.45) is 10.9 Å². The molecule has 1 amide bonds. The Morgan fingerprint density at radius 1 is 1.03 bits per heavy atom. The van der Waals surface area contributed by atoms with Crippen LogP contribution in [0.2, 0.25) is 0 Å². The van der Waals surface area contributed by atoms with Crippen LogP contribution in [0, 0.1) is 0 Å². The SMILES string of the molecule is CC(C)N(C(=O)CO/N=C(/N)c1ccc(Oc2ccccc2)nc1)c1ccccc1. The fourth-order valence-corrected chi connectivity index (χ4v) is 2.80. The lowest BCUT2D eigenvalue weighted by atomic mass is 10.2. The van der Waals surface area contributed by atoms with Crippen molar-refractivity contribution in [2.75, 3.05) is 11.5 Å². The van der Waals surface area contributed by atoms with Crippen LogP contribution >= 0.6 is 0 Å². The first kappa shape index (κ1) is 20.9. The molecule has 0 bridgehead atoms. The number of amidine groups is 1. The normalized spacial score (nSPS) is 11.2. The zero-order chi connectivity index (χ0) is 21.3. The van der Waals surface area contributed by atoms with Crippen LogP contribution in [0.4, 0.5) is 5.69 Å². The molecule has 2 N–H and O–H groups in total. The van der Waals surface area contributed by atoms with Gasteiger partial charge in [0.05, 0.1) is 0 Å². The molecule has 0 radical (unpaired) electrons. The van der Waals surface area contributed by atoms with Crippen molar-refractivity contribution >= 4 is 17.4 Å². The number of nitrogens with zero attached hydrogens (tertiary/aromatic N) is 3. The number of ether oxygens (including phenoxy) is 1. The highest BCUT2D eigenvalue weighted by Gasteiger charge is 2.19. The number of nitrogens with two attached hydrogens (primary N) is 1. The van der Waals surface area contributed by atoms with Gasteiger partial charge in [-0.05, 0) is 44.2 Å². The van der Waals surface area contributed by atoms with Crippen molar-refractivity contribution in [1.82, 2.24) is 4.98 Å². The van der Waals surface area contributed by atoms with E-state index in [0.29, 0.717) is 17.2 Å². The van der Waals surface area contributed by atoms with E-state index in [0.717, 1.165) is 5.69 Å². The number of anilines is 1. The summed E-state index contributed by atoms with van der Waals surface area (Å²) in [5.74, 6) is 1.04. The van der Waals surface area contributed by atoms with Gasteiger partial charge in [-0.1, -0.05) is 41.6 Å². The van der Waals surface area contributed by atoms with Crippen molar-refractivity contribution in [2.45, 2.75) is 19.9 Å². The van der Waals surface area contributed by atoms with Crippen molar-refractivity contribution in [1.29, 1.82) is 0 Å². The zero-order valence-corrected chi connectivity index (χ0v) is 16.9. The van der Waals surface area contributed by atoms with Gasteiger partial charge in [-0.15, -0.1) is 0 Å². The minimum absolute atomic E-state index is 0.0221. The van der Waals surface area contributed by atoms with Crippen LogP contribution in [0.5, 0.6) is 11.6 Å². The number of carbonyl (C=O) groups is 1. The molecule has 0 saturated carbocycles. The highest BCUT2D eigenvalue weighted by Crippen LogP contribution is 2.19. The number of rotatable bonds is 8. The summed E-state index contributed by atoms with van der Waals surface area (Å²) in [5, 5.41) is 3.85. The number of carbonyl (C=O) groups excluding carboxylic acids is 1. The van der Waals surface area contributed by atoms with Crippen molar-refractivity contribution < 1.29 is 14.4 Å². The Morgan fingerprint density at radius 3 is 2.30 bits per heavy atom. The van der Waals surface area contributed by atoms with Gasteiger partial charge in [0.25, 0.3) is 5.91 Å². The molecule has 0 spiro atoms. The van der Waals surface area contributed by atoms with Crippen LogP contribution in [0.3, 0.4) is 0 Å². The summed E-state index contributed by atoms with van der Waals surface area (Å²) in [5.41, 5.74) is 7.31. The number of aromatic nitrogens is 1. The van der Waals surface area contributed by atoms with Crippen molar-refractivity contribution in [3.8, 4) is 11.6 Å². The average molecular weight is 404 g/mol. The molecule has 0 saturated heterocycles. The molecule has 0 atom stereocenters. The van der Waals surface area contributed by atoms with Gasteiger partial charge in [0, 0.05) is 29.6 Å². The van der Waals surface area contributed by atoms with Gasteiger partial charge in [0.1, 0.15) is 5.75 Å². The second kappa shape index (κ2) is 10.1. The molecular weight excluding hydrogens is 380 g/mol. The van der Waals surface area contributed by atoms with E-state index in [9.17, 15) is 4.79 Å². The highest BCUT2D eigenvalue weighted by molar-refractivity contribution is 5.97. The minimum atomic E-state index is -0.226. The molecule has 154 valence electrons. The average Bonchev–Trinajstić information content (AvgIpc) is 2.75. The van der Waals surface area contributed by atoms with Gasteiger partial charge >= 0.3 is 0 Å². The molecule has 0 fully saturated rings. The predicted octanol–water partition coefficient (Wildman–Crippen LogP) is 3.95. The van der Waals surface area contributed by atoms with Crippen molar-refractivity contribution in [3.63, 3.8) is 0 Å².